The highest BCUT2D eigenvalue weighted by atomic mass is 16.5. The average Bonchev–Trinajstić information content (AvgIpc) is 3.03. The van der Waals surface area contributed by atoms with E-state index in [1.165, 1.54) is 12.1 Å². The fourth-order valence-corrected chi connectivity index (χ4v) is 2.23. The second kappa shape index (κ2) is 5.98. The van der Waals surface area contributed by atoms with Gasteiger partial charge in [0.05, 0.1) is 14.2 Å². The highest BCUT2D eigenvalue weighted by molar-refractivity contribution is 5.96. The summed E-state index contributed by atoms with van der Waals surface area (Å²) in [6.07, 6.45) is 0. The van der Waals surface area contributed by atoms with E-state index < -0.39 is 5.91 Å². The topological polar surface area (TPSA) is 93.8 Å². The lowest BCUT2D eigenvalue weighted by Crippen LogP contribution is -2.18. The molecule has 0 saturated heterocycles. The third-order valence-corrected chi connectivity index (χ3v) is 3.38. The summed E-state index contributed by atoms with van der Waals surface area (Å²) < 4.78 is 16.2. The van der Waals surface area contributed by atoms with E-state index in [2.05, 4.69) is 4.98 Å². The number of hydroxylamine groups is 1. The van der Waals surface area contributed by atoms with Crippen molar-refractivity contribution in [2.45, 2.75) is 0 Å². The lowest BCUT2D eigenvalue weighted by atomic mass is 10.2. The van der Waals surface area contributed by atoms with Gasteiger partial charge in [-0.15, -0.1) is 0 Å². The van der Waals surface area contributed by atoms with Crippen LogP contribution in [0.5, 0.6) is 11.5 Å². The van der Waals surface area contributed by atoms with Crippen LogP contribution in [0.2, 0.25) is 0 Å². The van der Waals surface area contributed by atoms with E-state index >= 15 is 0 Å². The van der Waals surface area contributed by atoms with E-state index in [0.717, 1.165) is 0 Å². The smallest absolute Gasteiger partial charge is 0.274 e. The van der Waals surface area contributed by atoms with Gasteiger partial charge in [-0.05, 0) is 36.4 Å². The molecule has 0 bridgehead atoms. The molecule has 0 atom stereocenters. The minimum Gasteiger partial charge on any atom is -0.493 e. The minimum absolute atomic E-state index is 0.284. The summed E-state index contributed by atoms with van der Waals surface area (Å²) in [5, 5.41) is 8.68. The van der Waals surface area contributed by atoms with Gasteiger partial charge in [0.2, 0.25) is 5.89 Å². The Morgan fingerprint density at radius 2 is 1.91 bits per heavy atom. The number of benzene rings is 2. The molecule has 3 aromatic rings. The predicted octanol–water partition coefficient (Wildman–Crippen LogP) is 2.63. The number of aromatic nitrogens is 1. The molecule has 2 N–H and O–H groups in total. The normalized spacial score (nSPS) is 10.6. The number of carbonyl (C=O) groups excluding carboxylic acids is 1. The van der Waals surface area contributed by atoms with E-state index in [-0.39, 0.29) is 5.56 Å². The molecule has 1 heterocycles. The molecule has 0 radical (unpaired) electrons. The summed E-state index contributed by atoms with van der Waals surface area (Å²) >= 11 is 0. The SMILES string of the molecule is COc1ccc(-c2nc3cc(C(=O)NO)ccc3o2)cc1OC. The molecule has 2 aromatic carbocycles. The second-order valence-electron chi connectivity index (χ2n) is 4.71. The van der Waals surface area contributed by atoms with Gasteiger partial charge < -0.3 is 13.9 Å². The average molecular weight is 314 g/mol. The molecule has 1 amide bonds. The predicted molar refractivity (Wildman–Crippen MR) is 81.8 cm³/mol. The van der Waals surface area contributed by atoms with Crippen molar-refractivity contribution >= 4 is 17.0 Å². The number of rotatable bonds is 4. The molecular formula is C16H14N2O5. The summed E-state index contributed by atoms with van der Waals surface area (Å²) in [4.78, 5) is 15.8. The first kappa shape index (κ1) is 14.9. The van der Waals surface area contributed by atoms with Crippen molar-refractivity contribution in [2.24, 2.45) is 0 Å². The van der Waals surface area contributed by atoms with Crippen molar-refractivity contribution in [1.29, 1.82) is 0 Å². The van der Waals surface area contributed by atoms with Crippen LogP contribution in [0.3, 0.4) is 0 Å². The highest BCUT2D eigenvalue weighted by Crippen LogP contribution is 2.33. The first-order chi connectivity index (χ1) is 11.2. The standard InChI is InChI=1S/C16H14N2O5/c1-21-13-6-4-10(8-14(13)22-2)16-17-11-7-9(15(19)18-20)3-5-12(11)23-16/h3-8,20H,1-2H3,(H,18,19). The van der Waals surface area contributed by atoms with Gasteiger partial charge in [0.1, 0.15) is 5.52 Å². The summed E-state index contributed by atoms with van der Waals surface area (Å²) in [6, 6.07) is 10.0. The van der Waals surface area contributed by atoms with Gasteiger partial charge in [0, 0.05) is 11.1 Å². The molecule has 0 fully saturated rings. The van der Waals surface area contributed by atoms with Crippen LogP contribution in [0.15, 0.2) is 40.8 Å². The fraction of sp³-hybridized carbons (Fsp3) is 0.125. The Bertz CT molecular complexity index is 872. The van der Waals surface area contributed by atoms with Gasteiger partial charge >= 0.3 is 0 Å². The molecule has 0 aliphatic carbocycles. The molecule has 0 spiro atoms. The molecule has 3 rings (SSSR count). The van der Waals surface area contributed by atoms with Crippen molar-refractivity contribution in [1.82, 2.24) is 10.5 Å². The van der Waals surface area contributed by atoms with Gasteiger partial charge in [-0.1, -0.05) is 0 Å². The van der Waals surface area contributed by atoms with E-state index in [1.807, 2.05) is 0 Å². The Balaban J connectivity index is 2.05. The van der Waals surface area contributed by atoms with Crippen molar-refractivity contribution < 1.29 is 23.9 Å². The van der Waals surface area contributed by atoms with E-state index in [0.29, 0.717) is 34.1 Å². The van der Waals surface area contributed by atoms with Crippen LogP contribution in [-0.4, -0.2) is 30.3 Å². The molecular weight excluding hydrogens is 300 g/mol. The molecule has 0 saturated carbocycles. The maximum absolute atomic E-state index is 11.4. The summed E-state index contributed by atoms with van der Waals surface area (Å²) in [5.41, 5.74) is 3.63. The lowest BCUT2D eigenvalue weighted by Gasteiger charge is -2.07. The Morgan fingerprint density at radius 1 is 1.13 bits per heavy atom. The number of methoxy groups -OCH3 is 2. The summed E-state index contributed by atoms with van der Waals surface area (Å²) in [5.74, 6) is 0.951. The zero-order chi connectivity index (χ0) is 16.4. The van der Waals surface area contributed by atoms with Crippen molar-refractivity contribution in [2.75, 3.05) is 14.2 Å². The van der Waals surface area contributed by atoms with Gasteiger partial charge in [0.15, 0.2) is 17.1 Å². The summed E-state index contributed by atoms with van der Waals surface area (Å²) in [7, 11) is 3.11. The molecule has 0 aliphatic rings. The maximum Gasteiger partial charge on any atom is 0.274 e. The first-order valence-corrected chi connectivity index (χ1v) is 6.73. The van der Waals surface area contributed by atoms with Crippen molar-refractivity contribution in [3.05, 3.63) is 42.0 Å². The Labute approximate surface area is 131 Å². The van der Waals surface area contributed by atoms with Crippen LogP contribution in [0, 0.1) is 0 Å². The van der Waals surface area contributed by atoms with Gasteiger partial charge in [0.25, 0.3) is 5.91 Å². The van der Waals surface area contributed by atoms with E-state index in [4.69, 9.17) is 19.1 Å². The zero-order valence-electron chi connectivity index (χ0n) is 12.5. The molecule has 0 unspecified atom stereocenters. The second-order valence-corrected chi connectivity index (χ2v) is 4.71. The third kappa shape index (κ3) is 2.69. The molecule has 0 aliphatic heterocycles. The van der Waals surface area contributed by atoms with E-state index in [1.54, 1.807) is 44.0 Å². The largest absolute Gasteiger partial charge is 0.493 e. The molecule has 1 aromatic heterocycles. The molecule has 118 valence electrons. The van der Waals surface area contributed by atoms with Gasteiger partial charge in [-0.2, -0.15) is 0 Å². The number of fused-ring (bicyclic) bond motifs is 1. The highest BCUT2D eigenvalue weighted by Gasteiger charge is 2.13. The number of hydrogen-bond donors (Lipinski definition) is 2. The Hall–Kier alpha value is -3.06. The van der Waals surface area contributed by atoms with E-state index in [9.17, 15) is 4.79 Å². The third-order valence-electron chi connectivity index (χ3n) is 3.38. The number of hydrogen-bond acceptors (Lipinski definition) is 6. The van der Waals surface area contributed by atoms with Crippen LogP contribution < -0.4 is 15.0 Å². The molecule has 7 heteroatoms. The van der Waals surface area contributed by atoms with Crippen LogP contribution >= 0.6 is 0 Å². The van der Waals surface area contributed by atoms with Crippen LogP contribution in [0.1, 0.15) is 10.4 Å². The Morgan fingerprint density at radius 3 is 2.61 bits per heavy atom. The quantitative estimate of drug-likeness (QED) is 0.568. The zero-order valence-corrected chi connectivity index (χ0v) is 12.5. The van der Waals surface area contributed by atoms with Gasteiger partial charge in [-0.3, -0.25) is 10.0 Å². The number of ether oxygens (including phenoxy) is 2. The number of nitrogens with one attached hydrogen (secondary N) is 1. The summed E-state index contributed by atoms with van der Waals surface area (Å²) in [6.45, 7) is 0. The van der Waals surface area contributed by atoms with Crippen molar-refractivity contribution in [3.8, 4) is 23.0 Å². The fourth-order valence-electron chi connectivity index (χ4n) is 2.23. The minimum atomic E-state index is -0.609. The van der Waals surface area contributed by atoms with Crippen LogP contribution in [0.4, 0.5) is 0 Å². The molecule has 7 nitrogen and oxygen atoms in total. The lowest BCUT2D eigenvalue weighted by molar-refractivity contribution is 0.0706. The van der Waals surface area contributed by atoms with Gasteiger partial charge in [-0.25, -0.2) is 10.5 Å². The number of carbonyl (C=O) groups is 1. The maximum atomic E-state index is 11.4. The van der Waals surface area contributed by atoms with Crippen LogP contribution in [0.25, 0.3) is 22.6 Å². The van der Waals surface area contributed by atoms with Crippen molar-refractivity contribution in [3.63, 3.8) is 0 Å². The number of nitrogens with zero attached hydrogens (tertiary/aromatic N) is 1. The number of amides is 1. The first-order valence-electron chi connectivity index (χ1n) is 6.73. The number of oxazole rings is 1. The Kier molecular flexibility index (Phi) is 3.86. The van der Waals surface area contributed by atoms with Crippen LogP contribution in [-0.2, 0) is 0 Å². The monoisotopic (exact) mass is 314 g/mol. The molecule has 23 heavy (non-hydrogen) atoms.